The van der Waals surface area contributed by atoms with E-state index in [0.717, 1.165) is 13.0 Å². The van der Waals surface area contributed by atoms with Crippen molar-refractivity contribution in [3.8, 4) is 0 Å². The van der Waals surface area contributed by atoms with Gasteiger partial charge in [0, 0.05) is 24.4 Å². The van der Waals surface area contributed by atoms with Crippen LogP contribution in [0, 0.1) is 0 Å². The molecule has 84 valence electrons. The molecule has 1 fully saturated rings. The van der Waals surface area contributed by atoms with E-state index in [1.807, 2.05) is 0 Å². The minimum absolute atomic E-state index is 0.0176. The SMILES string of the molecule is CCCC(C)(N)CN1CCCSCC1. The second kappa shape index (κ2) is 5.99. The van der Waals surface area contributed by atoms with Gasteiger partial charge in [-0.25, -0.2) is 0 Å². The molecular formula is C11H24N2S. The zero-order chi connectivity index (χ0) is 10.4. The molecule has 1 atom stereocenters. The van der Waals surface area contributed by atoms with Crippen LogP contribution in [0.3, 0.4) is 0 Å². The molecule has 0 aliphatic carbocycles. The minimum Gasteiger partial charge on any atom is -0.324 e. The topological polar surface area (TPSA) is 29.3 Å². The van der Waals surface area contributed by atoms with E-state index in [9.17, 15) is 0 Å². The maximum atomic E-state index is 6.26. The maximum Gasteiger partial charge on any atom is 0.0254 e. The lowest BCUT2D eigenvalue weighted by Gasteiger charge is -2.31. The van der Waals surface area contributed by atoms with E-state index < -0.39 is 0 Å². The first-order valence-electron chi connectivity index (χ1n) is 5.73. The van der Waals surface area contributed by atoms with Crippen molar-refractivity contribution in [2.45, 2.75) is 38.6 Å². The monoisotopic (exact) mass is 216 g/mol. The summed E-state index contributed by atoms with van der Waals surface area (Å²) >= 11 is 2.08. The third-order valence-electron chi connectivity index (χ3n) is 2.72. The lowest BCUT2D eigenvalue weighted by molar-refractivity contribution is 0.222. The number of hydrogen-bond acceptors (Lipinski definition) is 3. The highest BCUT2D eigenvalue weighted by Gasteiger charge is 2.21. The number of nitrogens with zero attached hydrogens (tertiary/aromatic N) is 1. The Kier molecular flexibility index (Phi) is 5.28. The average Bonchev–Trinajstić information content (AvgIpc) is 2.31. The summed E-state index contributed by atoms with van der Waals surface area (Å²) < 4.78 is 0. The Balaban J connectivity index is 2.33. The fourth-order valence-electron chi connectivity index (χ4n) is 2.12. The van der Waals surface area contributed by atoms with Crippen LogP contribution in [-0.4, -0.2) is 41.6 Å². The second-order valence-corrected chi connectivity index (χ2v) is 5.87. The van der Waals surface area contributed by atoms with Gasteiger partial charge in [-0.3, -0.25) is 0 Å². The van der Waals surface area contributed by atoms with Crippen LogP contribution in [0.25, 0.3) is 0 Å². The smallest absolute Gasteiger partial charge is 0.0254 e. The highest BCUT2D eigenvalue weighted by Crippen LogP contribution is 2.15. The zero-order valence-corrected chi connectivity index (χ0v) is 10.4. The van der Waals surface area contributed by atoms with E-state index in [4.69, 9.17) is 5.73 Å². The van der Waals surface area contributed by atoms with E-state index in [1.54, 1.807) is 0 Å². The summed E-state index contributed by atoms with van der Waals surface area (Å²) in [5.41, 5.74) is 6.28. The highest BCUT2D eigenvalue weighted by atomic mass is 32.2. The minimum atomic E-state index is 0.0176. The van der Waals surface area contributed by atoms with Crippen molar-refractivity contribution in [1.29, 1.82) is 0 Å². The van der Waals surface area contributed by atoms with Crippen LogP contribution in [0.5, 0.6) is 0 Å². The van der Waals surface area contributed by atoms with Gasteiger partial charge in [-0.15, -0.1) is 0 Å². The summed E-state index contributed by atoms with van der Waals surface area (Å²) in [4.78, 5) is 2.54. The van der Waals surface area contributed by atoms with Gasteiger partial charge >= 0.3 is 0 Å². The fraction of sp³-hybridized carbons (Fsp3) is 1.00. The van der Waals surface area contributed by atoms with Crippen LogP contribution in [0.15, 0.2) is 0 Å². The molecule has 1 saturated heterocycles. The molecule has 2 N–H and O–H groups in total. The molecule has 0 aromatic rings. The van der Waals surface area contributed by atoms with Crippen molar-refractivity contribution >= 4 is 11.8 Å². The van der Waals surface area contributed by atoms with Gasteiger partial charge in [0.25, 0.3) is 0 Å². The molecule has 0 aromatic carbocycles. The van der Waals surface area contributed by atoms with Crippen molar-refractivity contribution < 1.29 is 0 Å². The largest absolute Gasteiger partial charge is 0.324 e. The Bertz CT molecular complexity index is 151. The molecule has 1 aliphatic heterocycles. The quantitative estimate of drug-likeness (QED) is 0.779. The lowest BCUT2D eigenvalue weighted by Crippen LogP contribution is -2.48. The molecule has 0 radical (unpaired) electrons. The maximum absolute atomic E-state index is 6.26. The third kappa shape index (κ3) is 4.67. The number of thioether (sulfide) groups is 1. The molecule has 0 aromatic heterocycles. The van der Waals surface area contributed by atoms with Crippen LogP contribution >= 0.6 is 11.8 Å². The van der Waals surface area contributed by atoms with Crippen molar-refractivity contribution in [3.63, 3.8) is 0 Å². The summed E-state index contributed by atoms with van der Waals surface area (Å²) in [5.74, 6) is 2.60. The van der Waals surface area contributed by atoms with E-state index >= 15 is 0 Å². The highest BCUT2D eigenvalue weighted by molar-refractivity contribution is 7.99. The fourth-order valence-corrected chi connectivity index (χ4v) is 3.04. The molecule has 0 bridgehead atoms. The Labute approximate surface area is 92.6 Å². The summed E-state index contributed by atoms with van der Waals surface area (Å²) in [6.45, 7) is 7.93. The van der Waals surface area contributed by atoms with Gasteiger partial charge in [0.2, 0.25) is 0 Å². The molecule has 0 saturated carbocycles. The molecule has 2 nitrogen and oxygen atoms in total. The summed E-state index contributed by atoms with van der Waals surface area (Å²) in [7, 11) is 0. The Morgan fingerprint density at radius 2 is 2.14 bits per heavy atom. The number of nitrogens with two attached hydrogens (primary N) is 1. The molecule has 3 heteroatoms. The molecule has 1 aliphatic rings. The number of rotatable bonds is 4. The van der Waals surface area contributed by atoms with Crippen LogP contribution < -0.4 is 5.73 Å². The lowest BCUT2D eigenvalue weighted by atomic mass is 9.97. The Hall–Kier alpha value is 0.270. The predicted molar refractivity (Wildman–Crippen MR) is 65.9 cm³/mol. The van der Waals surface area contributed by atoms with Gasteiger partial charge in [0.05, 0.1) is 0 Å². The predicted octanol–water partition coefficient (Wildman–Crippen LogP) is 1.94. The molecule has 14 heavy (non-hydrogen) atoms. The first kappa shape index (κ1) is 12.3. The Morgan fingerprint density at radius 3 is 2.86 bits per heavy atom. The van der Waals surface area contributed by atoms with Crippen molar-refractivity contribution in [2.24, 2.45) is 5.73 Å². The van der Waals surface area contributed by atoms with Crippen molar-refractivity contribution in [2.75, 3.05) is 31.1 Å². The van der Waals surface area contributed by atoms with Crippen molar-refractivity contribution in [3.05, 3.63) is 0 Å². The van der Waals surface area contributed by atoms with Crippen LogP contribution in [-0.2, 0) is 0 Å². The molecular weight excluding hydrogens is 192 g/mol. The van der Waals surface area contributed by atoms with Crippen molar-refractivity contribution in [1.82, 2.24) is 4.90 Å². The van der Waals surface area contributed by atoms with Crippen LogP contribution in [0.2, 0.25) is 0 Å². The normalized spacial score (nSPS) is 24.2. The van der Waals surface area contributed by atoms with Crippen LogP contribution in [0.1, 0.15) is 33.1 Å². The average molecular weight is 216 g/mol. The van der Waals surface area contributed by atoms with Gasteiger partial charge in [0.1, 0.15) is 0 Å². The molecule has 1 heterocycles. The van der Waals surface area contributed by atoms with Crippen LogP contribution in [0.4, 0.5) is 0 Å². The van der Waals surface area contributed by atoms with Gasteiger partial charge in [-0.1, -0.05) is 13.3 Å². The Morgan fingerprint density at radius 1 is 1.36 bits per heavy atom. The third-order valence-corrected chi connectivity index (χ3v) is 3.77. The van der Waals surface area contributed by atoms with Gasteiger partial charge < -0.3 is 10.6 Å². The molecule has 1 unspecified atom stereocenters. The summed E-state index contributed by atoms with van der Waals surface area (Å²) in [6.07, 6.45) is 3.65. The van der Waals surface area contributed by atoms with Gasteiger partial charge in [-0.2, -0.15) is 11.8 Å². The summed E-state index contributed by atoms with van der Waals surface area (Å²) in [5, 5.41) is 0. The van der Waals surface area contributed by atoms with E-state index in [1.165, 1.54) is 37.4 Å². The van der Waals surface area contributed by atoms with E-state index in [-0.39, 0.29) is 5.54 Å². The van der Waals surface area contributed by atoms with Gasteiger partial charge in [0.15, 0.2) is 0 Å². The zero-order valence-electron chi connectivity index (χ0n) is 9.59. The first-order valence-corrected chi connectivity index (χ1v) is 6.88. The van der Waals surface area contributed by atoms with E-state index in [0.29, 0.717) is 0 Å². The molecule has 0 amide bonds. The second-order valence-electron chi connectivity index (χ2n) is 4.65. The van der Waals surface area contributed by atoms with Gasteiger partial charge in [-0.05, 0) is 32.1 Å². The summed E-state index contributed by atoms with van der Waals surface area (Å²) in [6, 6.07) is 0. The standard InChI is InChI=1S/C11H24N2S/c1-3-5-11(2,12)10-13-6-4-8-14-9-7-13/h3-10,12H2,1-2H3. The number of hydrogen-bond donors (Lipinski definition) is 1. The van der Waals surface area contributed by atoms with E-state index in [2.05, 4.69) is 30.5 Å². The first-order chi connectivity index (χ1) is 6.64. The molecule has 1 rings (SSSR count). The molecule has 0 spiro atoms.